The van der Waals surface area contributed by atoms with Gasteiger partial charge >= 0.3 is 0 Å². The summed E-state index contributed by atoms with van der Waals surface area (Å²) in [7, 11) is 0. The van der Waals surface area contributed by atoms with E-state index in [4.69, 9.17) is 4.74 Å². The van der Waals surface area contributed by atoms with Crippen LogP contribution in [0, 0.1) is 6.92 Å². The minimum absolute atomic E-state index is 0.564. The van der Waals surface area contributed by atoms with Gasteiger partial charge in [0.05, 0.1) is 6.21 Å². The fourth-order valence-electron chi connectivity index (χ4n) is 1.89. The highest BCUT2D eigenvalue weighted by molar-refractivity contribution is 5.79. The molecule has 1 aromatic heterocycles. The maximum Gasteiger partial charge on any atom is 0.141 e. The van der Waals surface area contributed by atoms with Crippen LogP contribution in [0.4, 0.5) is 0 Å². The summed E-state index contributed by atoms with van der Waals surface area (Å²) in [5.74, 6) is 0.835. The average Bonchev–Trinajstić information content (AvgIpc) is 3.07. The van der Waals surface area contributed by atoms with E-state index in [0.29, 0.717) is 6.61 Å². The summed E-state index contributed by atoms with van der Waals surface area (Å²) in [6.45, 7) is 2.64. The number of aromatic nitrogens is 3. The monoisotopic (exact) mass is 292 g/mol. The molecule has 3 aromatic rings. The highest BCUT2D eigenvalue weighted by Crippen LogP contribution is 2.14. The Balaban J connectivity index is 1.58. The molecule has 0 saturated heterocycles. The van der Waals surface area contributed by atoms with Gasteiger partial charge in [0.25, 0.3) is 0 Å². The first-order chi connectivity index (χ1) is 10.8. The second kappa shape index (κ2) is 6.67. The number of aryl methyl sites for hydroxylation is 1. The number of benzene rings is 2. The van der Waals surface area contributed by atoms with E-state index in [1.165, 1.54) is 18.2 Å². The van der Waals surface area contributed by atoms with Crippen LogP contribution in [-0.4, -0.2) is 21.1 Å². The molecule has 0 N–H and O–H groups in total. The van der Waals surface area contributed by atoms with Crippen molar-refractivity contribution in [2.45, 2.75) is 13.5 Å². The lowest BCUT2D eigenvalue weighted by Crippen LogP contribution is -1.95. The standard InChI is InChI=1S/C17H16N4O/c1-14-2-4-16(5-3-14)11-22-17-8-6-15(7-9-17)10-20-21-12-18-19-13-21/h2-10,12-13H,11H2,1H3/b20-10+. The van der Waals surface area contributed by atoms with Crippen molar-refractivity contribution in [1.82, 2.24) is 14.9 Å². The lowest BCUT2D eigenvalue weighted by Gasteiger charge is -2.06. The molecule has 1 heterocycles. The molecule has 0 aliphatic heterocycles. The highest BCUT2D eigenvalue weighted by Gasteiger charge is 1.96. The molecule has 5 heteroatoms. The van der Waals surface area contributed by atoms with Crippen LogP contribution in [0.15, 0.2) is 66.3 Å². The first kappa shape index (κ1) is 14.0. The normalized spacial score (nSPS) is 11.0. The van der Waals surface area contributed by atoms with Crippen LogP contribution < -0.4 is 4.74 Å². The maximum atomic E-state index is 5.77. The summed E-state index contributed by atoms with van der Waals surface area (Å²) in [5, 5.41) is 11.6. The third-order valence-electron chi connectivity index (χ3n) is 3.15. The molecule has 2 aromatic carbocycles. The predicted octanol–water partition coefficient (Wildman–Crippen LogP) is 3.05. The smallest absolute Gasteiger partial charge is 0.141 e. The van der Waals surface area contributed by atoms with Crippen molar-refractivity contribution in [3.8, 4) is 5.75 Å². The van der Waals surface area contributed by atoms with Crippen LogP contribution in [0.1, 0.15) is 16.7 Å². The molecule has 0 bridgehead atoms. The number of rotatable bonds is 5. The van der Waals surface area contributed by atoms with Gasteiger partial charge in [-0.1, -0.05) is 29.8 Å². The van der Waals surface area contributed by atoms with E-state index in [-0.39, 0.29) is 0 Å². The molecular weight excluding hydrogens is 276 g/mol. The van der Waals surface area contributed by atoms with Gasteiger partial charge in [0.15, 0.2) is 0 Å². The topological polar surface area (TPSA) is 52.3 Å². The minimum Gasteiger partial charge on any atom is -0.489 e. The molecule has 0 amide bonds. The van der Waals surface area contributed by atoms with Gasteiger partial charge in [-0.25, -0.2) is 4.68 Å². The molecule has 0 unspecified atom stereocenters. The zero-order chi connectivity index (χ0) is 15.2. The third-order valence-corrected chi connectivity index (χ3v) is 3.15. The zero-order valence-corrected chi connectivity index (χ0v) is 12.3. The number of hydrogen-bond donors (Lipinski definition) is 0. The van der Waals surface area contributed by atoms with Crippen LogP contribution in [0.2, 0.25) is 0 Å². The quantitative estimate of drug-likeness (QED) is 0.679. The largest absolute Gasteiger partial charge is 0.489 e. The summed E-state index contributed by atoms with van der Waals surface area (Å²) >= 11 is 0. The van der Waals surface area contributed by atoms with Gasteiger partial charge in [0, 0.05) is 0 Å². The Morgan fingerprint density at radius 1 is 1.00 bits per heavy atom. The first-order valence-corrected chi connectivity index (χ1v) is 6.97. The van der Waals surface area contributed by atoms with E-state index in [1.807, 2.05) is 24.3 Å². The van der Waals surface area contributed by atoms with Crippen LogP contribution in [0.3, 0.4) is 0 Å². The molecule has 0 spiro atoms. The first-order valence-electron chi connectivity index (χ1n) is 6.97. The highest BCUT2D eigenvalue weighted by atomic mass is 16.5. The Morgan fingerprint density at radius 2 is 1.68 bits per heavy atom. The Hall–Kier alpha value is -2.95. The molecular formula is C17H16N4O. The van der Waals surface area contributed by atoms with Gasteiger partial charge in [-0.3, -0.25) is 0 Å². The van der Waals surface area contributed by atoms with Crippen LogP contribution in [-0.2, 0) is 6.61 Å². The van der Waals surface area contributed by atoms with Crippen molar-refractivity contribution < 1.29 is 4.74 Å². The van der Waals surface area contributed by atoms with E-state index >= 15 is 0 Å². The van der Waals surface area contributed by atoms with Gasteiger partial charge in [-0.2, -0.15) is 5.10 Å². The number of hydrogen-bond acceptors (Lipinski definition) is 4. The molecule has 3 rings (SSSR count). The molecule has 0 atom stereocenters. The molecule has 5 nitrogen and oxygen atoms in total. The van der Waals surface area contributed by atoms with Crippen LogP contribution in [0.25, 0.3) is 0 Å². The molecule has 0 radical (unpaired) electrons. The molecule has 0 fully saturated rings. The van der Waals surface area contributed by atoms with Crippen molar-refractivity contribution in [2.24, 2.45) is 5.10 Å². The summed E-state index contributed by atoms with van der Waals surface area (Å²) in [5.41, 5.74) is 3.39. The molecule has 0 aliphatic rings. The van der Waals surface area contributed by atoms with Gasteiger partial charge in [-0.05, 0) is 42.3 Å². The van der Waals surface area contributed by atoms with Crippen LogP contribution in [0.5, 0.6) is 5.75 Å². The Morgan fingerprint density at radius 3 is 2.36 bits per heavy atom. The SMILES string of the molecule is Cc1ccc(COc2ccc(/C=N/n3cnnc3)cc2)cc1. The van der Waals surface area contributed by atoms with E-state index in [0.717, 1.165) is 16.9 Å². The number of ether oxygens (including phenoxy) is 1. The second-order valence-electron chi connectivity index (χ2n) is 4.93. The fraction of sp³-hybridized carbons (Fsp3) is 0.118. The van der Waals surface area contributed by atoms with E-state index < -0.39 is 0 Å². The second-order valence-corrected chi connectivity index (χ2v) is 4.93. The van der Waals surface area contributed by atoms with Gasteiger partial charge < -0.3 is 4.74 Å². The molecule has 0 aliphatic carbocycles. The Kier molecular flexibility index (Phi) is 4.25. The van der Waals surface area contributed by atoms with Gasteiger partial charge in [0.2, 0.25) is 0 Å². The summed E-state index contributed by atoms with van der Waals surface area (Å²) in [4.78, 5) is 0. The third kappa shape index (κ3) is 3.79. The average molecular weight is 292 g/mol. The molecule has 0 saturated carbocycles. The lowest BCUT2D eigenvalue weighted by molar-refractivity contribution is 0.306. The van der Waals surface area contributed by atoms with E-state index in [2.05, 4.69) is 46.5 Å². The fourth-order valence-corrected chi connectivity index (χ4v) is 1.89. The van der Waals surface area contributed by atoms with Crippen molar-refractivity contribution in [3.05, 3.63) is 77.9 Å². The lowest BCUT2D eigenvalue weighted by atomic mass is 10.2. The predicted molar refractivity (Wildman–Crippen MR) is 85.0 cm³/mol. The Bertz CT molecular complexity index is 731. The Labute approximate surface area is 128 Å². The summed E-state index contributed by atoms with van der Waals surface area (Å²) < 4.78 is 7.31. The summed E-state index contributed by atoms with van der Waals surface area (Å²) in [6, 6.07) is 16.1. The van der Waals surface area contributed by atoms with Crippen molar-refractivity contribution in [1.29, 1.82) is 0 Å². The van der Waals surface area contributed by atoms with Crippen LogP contribution >= 0.6 is 0 Å². The van der Waals surface area contributed by atoms with E-state index in [1.54, 1.807) is 10.9 Å². The van der Waals surface area contributed by atoms with Gasteiger partial charge in [-0.15, -0.1) is 10.2 Å². The summed E-state index contributed by atoms with van der Waals surface area (Å²) in [6.07, 6.45) is 4.82. The van der Waals surface area contributed by atoms with Crippen molar-refractivity contribution >= 4 is 6.21 Å². The zero-order valence-electron chi connectivity index (χ0n) is 12.3. The van der Waals surface area contributed by atoms with Gasteiger partial charge in [0.1, 0.15) is 25.0 Å². The minimum atomic E-state index is 0.564. The number of nitrogens with zero attached hydrogens (tertiary/aromatic N) is 4. The maximum absolute atomic E-state index is 5.77. The van der Waals surface area contributed by atoms with E-state index in [9.17, 15) is 0 Å². The molecule has 22 heavy (non-hydrogen) atoms. The molecule has 110 valence electrons. The van der Waals surface area contributed by atoms with Crippen molar-refractivity contribution in [2.75, 3.05) is 0 Å². The van der Waals surface area contributed by atoms with Crippen molar-refractivity contribution in [3.63, 3.8) is 0 Å².